The smallest absolute Gasteiger partial charge is 0.233 e. The zero-order valence-electron chi connectivity index (χ0n) is 11.3. The van der Waals surface area contributed by atoms with Gasteiger partial charge in [-0.3, -0.25) is 4.79 Å². The molecule has 1 amide bonds. The average molecular weight is 282 g/mol. The molecule has 0 unspecified atom stereocenters. The third-order valence-electron chi connectivity index (χ3n) is 2.52. The van der Waals surface area contributed by atoms with Crippen molar-refractivity contribution in [3.05, 3.63) is 36.2 Å². The van der Waals surface area contributed by atoms with Gasteiger partial charge in [0.2, 0.25) is 5.91 Å². The van der Waals surface area contributed by atoms with Crippen LogP contribution in [-0.2, 0) is 4.79 Å². The van der Waals surface area contributed by atoms with Crippen molar-refractivity contribution < 1.29 is 9.18 Å². The van der Waals surface area contributed by atoms with Crippen LogP contribution >= 0.6 is 11.8 Å². The van der Waals surface area contributed by atoms with E-state index in [1.165, 1.54) is 23.9 Å². The minimum absolute atomic E-state index is 0.0271. The lowest BCUT2D eigenvalue weighted by Crippen LogP contribution is -2.33. The number of carbonyl (C=O) groups excluding carboxylic acids is 1. The highest BCUT2D eigenvalue weighted by Gasteiger charge is 2.12. The van der Waals surface area contributed by atoms with E-state index in [2.05, 4.69) is 6.58 Å². The van der Waals surface area contributed by atoms with Gasteiger partial charge >= 0.3 is 0 Å². The number of thioether (sulfide) groups is 1. The minimum Gasteiger partial charge on any atom is -0.398 e. The summed E-state index contributed by atoms with van der Waals surface area (Å²) in [6.45, 7) is 8.83. The summed E-state index contributed by atoms with van der Waals surface area (Å²) < 4.78 is 12.9. The Labute approximate surface area is 117 Å². The summed E-state index contributed by atoms with van der Waals surface area (Å²) in [4.78, 5) is 14.5. The maximum absolute atomic E-state index is 12.9. The first-order valence-electron chi connectivity index (χ1n) is 6.04. The normalized spacial score (nSPS) is 10.3. The number of benzene rings is 1. The zero-order chi connectivity index (χ0) is 14.4. The molecule has 3 nitrogen and oxygen atoms in total. The van der Waals surface area contributed by atoms with Crippen molar-refractivity contribution in [1.82, 2.24) is 4.90 Å². The molecule has 2 N–H and O–H groups in total. The molecule has 0 spiro atoms. The first-order valence-corrected chi connectivity index (χ1v) is 7.02. The molecule has 0 saturated heterocycles. The molecule has 0 aromatic heterocycles. The molecule has 1 aromatic rings. The van der Waals surface area contributed by atoms with Crippen LogP contribution in [0.2, 0.25) is 0 Å². The third-order valence-corrected chi connectivity index (χ3v) is 3.59. The topological polar surface area (TPSA) is 46.3 Å². The van der Waals surface area contributed by atoms with Crippen molar-refractivity contribution in [1.29, 1.82) is 0 Å². The Kier molecular flexibility index (Phi) is 5.89. The number of anilines is 1. The molecule has 0 aliphatic rings. The van der Waals surface area contributed by atoms with Crippen LogP contribution < -0.4 is 5.73 Å². The van der Waals surface area contributed by atoms with Crippen LogP contribution in [0.1, 0.15) is 13.8 Å². The Balaban J connectivity index is 2.60. The average Bonchev–Trinajstić information content (AvgIpc) is 2.34. The van der Waals surface area contributed by atoms with E-state index in [0.29, 0.717) is 18.8 Å². The van der Waals surface area contributed by atoms with Gasteiger partial charge in [0.05, 0.1) is 5.75 Å². The summed E-state index contributed by atoms with van der Waals surface area (Å²) in [6.07, 6.45) is 0. The van der Waals surface area contributed by atoms with E-state index in [1.807, 2.05) is 13.8 Å². The molecule has 1 aromatic carbocycles. The Bertz CT molecular complexity index is 477. The van der Waals surface area contributed by atoms with Gasteiger partial charge in [0.15, 0.2) is 0 Å². The molecule has 1 rings (SSSR count). The lowest BCUT2D eigenvalue weighted by molar-refractivity contribution is -0.127. The predicted octanol–water partition coefficient (Wildman–Crippen LogP) is 2.92. The highest BCUT2D eigenvalue weighted by molar-refractivity contribution is 8.00. The van der Waals surface area contributed by atoms with Gasteiger partial charge in [0.1, 0.15) is 5.82 Å². The molecule has 5 heteroatoms. The lowest BCUT2D eigenvalue weighted by Gasteiger charge is -2.20. The monoisotopic (exact) mass is 282 g/mol. The van der Waals surface area contributed by atoms with E-state index >= 15 is 0 Å². The summed E-state index contributed by atoms with van der Waals surface area (Å²) in [6, 6.07) is 4.20. The van der Waals surface area contributed by atoms with Gasteiger partial charge in [0.25, 0.3) is 0 Å². The summed E-state index contributed by atoms with van der Waals surface area (Å²) >= 11 is 1.32. The van der Waals surface area contributed by atoms with Crippen LogP contribution in [-0.4, -0.2) is 29.6 Å². The highest BCUT2D eigenvalue weighted by atomic mass is 32.2. The summed E-state index contributed by atoms with van der Waals surface area (Å²) in [5.74, 6) is -0.0541. The molecule has 0 fully saturated rings. The van der Waals surface area contributed by atoms with Crippen molar-refractivity contribution in [2.75, 3.05) is 24.6 Å². The molecule has 0 bridgehead atoms. The van der Waals surface area contributed by atoms with Gasteiger partial charge in [-0.25, -0.2) is 4.39 Å². The maximum atomic E-state index is 12.9. The SMILES string of the molecule is C=C(C)CN(CC)C(=O)CSc1ccc(F)cc1N. The molecule has 0 atom stereocenters. The van der Waals surface area contributed by atoms with Crippen molar-refractivity contribution in [2.24, 2.45) is 0 Å². The number of amides is 1. The quantitative estimate of drug-likeness (QED) is 0.496. The second-order valence-corrected chi connectivity index (χ2v) is 5.35. The molecule has 0 aliphatic heterocycles. The Morgan fingerprint density at radius 1 is 1.53 bits per heavy atom. The first kappa shape index (κ1) is 15.6. The number of hydrogen-bond acceptors (Lipinski definition) is 3. The summed E-state index contributed by atoms with van der Waals surface area (Å²) in [7, 11) is 0. The number of halogens is 1. The number of hydrogen-bond donors (Lipinski definition) is 1. The van der Waals surface area contributed by atoms with Crippen molar-refractivity contribution in [3.63, 3.8) is 0 Å². The van der Waals surface area contributed by atoms with E-state index in [-0.39, 0.29) is 17.5 Å². The summed E-state index contributed by atoms with van der Waals surface area (Å²) in [5, 5.41) is 0. The largest absolute Gasteiger partial charge is 0.398 e. The number of nitrogens with two attached hydrogens (primary N) is 1. The number of likely N-dealkylation sites (N-methyl/N-ethyl adjacent to an activating group) is 1. The molecule has 19 heavy (non-hydrogen) atoms. The van der Waals surface area contributed by atoms with Crippen LogP contribution in [0, 0.1) is 5.82 Å². The molecule has 0 saturated carbocycles. The first-order chi connectivity index (χ1) is 8.93. The maximum Gasteiger partial charge on any atom is 0.233 e. The third kappa shape index (κ3) is 4.95. The number of rotatable bonds is 6. The van der Waals surface area contributed by atoms with E-state index in [9.17, 15) is 9.18 Å². The van der Waals surface area contributed by atoms with Gasteiger partial charge in [-0.05, 0) is 32.0 Å². The van der Waals surface area contributed by atoms with Gasteiger partial charge in [0, 0.05) is 23.7 Å². The van der Waals surface area contributed by atoms with Gasteiger partial charge in [-0.1, -0.05) is 12.2 Å². The van der Waals surface area contributed by atoms with Crippen LogP contribution in [0.25, 0.3) is 0 Å². The number of nitrogens with zero attached hydrogens (tertiary/aromatic N) is 1. The standard InChI is InChI=1S/C14H19FN2OS/c1-4-17(8-10(2)3)14(18)9-19-13-6-5-11(15)7-12(13)16/h5-7H,2,4,8-9,16H2,1,3H3. The van der Waals surface area contributed by atoms with E-state index in [0.717, 1.165) is 10.5 Å². The van der Waals surface area contributed by atoms with Crippen LogP contribution in [0.15, 0.2) is 35.2 Å². The fourth-order valence-corrected chi connectivity index (χ4v) is 2.44. The van der Waals surface area contributed by atoms with Crippen molar-refractivity contribution in [3.8, 4) is 0 Å². The molecule has 0 radical (unpaired) electrons. The minimum atomic E-state index is -0.370. The highest BCUT2D eigenvalue weighted by Crippen LogP contribution is 2.25. The second kappa shape index (κ2) is 7.19. The van der Waals surface area contributed by atoms with Gasteiger partial charge in [-0.2, -0.15) is 0 Å². The molecular formula is C14H19FN2OS. The zero-order valence-corrected chi connectivity index (χ0v) is 12.1. The van der Waals surface area contributed by atoms with Crippen LogP contribution in [0.4, 0.5) is 10.1 Å². The molecular weight excluding hydrogens is 263 g/mol. The van der Waals surface area contributed by atoms with Crippen molar-refractivity contribution >= 4 is 23.4 Å². The molecule has 0 aliphatic carbocycles. The van der Waals surface area contributed by atoms with E-state index in [4.69, 9.17) is 5.73 Å². The number of carbonyl (C=O) groups is 1. The fourth-order valence-electron chi connectivity index (χ4n) is 1.58. The van der Waals surface area contributed by atoms with E-state index < -0.39 is 0 Å². The number of nitrogen functional groups attached to an aromatic ring is 1. The lowest BCUT2D eigenvalue weighted by atomic mass is 10.3. The van der Waals surface area contributed by atoms with E-state index in [1.54, 1.807) is 11.0 Å². The second-order valence-electron chi connectivity index (χ2n) is 4.34. The predicted molar refractivity (Wildman–Crippen MR) is 78.6 cm³/mol. The Morgan fingerprint density at radius 3 is 2.74 bits per heavy atom. The van der Waals surface area contributed by atoms with Crippen LogP contribution in [0.3, 0.4) is 0 Å². The van der Waals surface area contributed by atoms with Crippen LogP contribution in [0.5, 0.6) is 0 Å². The van der Waals surface area contributed by atoms with Gasteiger partial charge < -0.3 is 10.6 Å². The Hall–Kier alpha value is -1.49. The Morgan fingerprint density at radius 2 is 2.21 bits per heavy atom. The molecule has 104 valence electrons. The fraction of sp³-hybridized carbons (Fsp3) is 0.357. The molecule has 0 heterocycles. The van der Waals surface area contributed by atoms with Gasteiger partial charge in [-0.15, -0.1) is 11.8 Å². The summed E-state index contributed by atoms with van der Waals surface area (Å²) in [5.41, 5.74) is 7.00. The van der Waals surface area contributed by atoms with Crippen molar-refractivity contribution in [2.45, 2.75) is 18.7 Å².